The molecule has 2 atom stereocenters. The van der Waals surface area contributed by atoms with E-state index in [9.17, 15) is 14.0 Å². The molecule has 0 bridgehead atoms. The lowest BCUT2D eigenvalue weighted by Crippen LogP contribution is -2.52. The molecular weight excluding hydrogens is 439 g/mol. The van der Waals surface area contributed by atoms with Gasteiger partial charge >= 0.3 is 0 Å². The molecule has 0 unspecified atom stereocenters. The van der Waals surface area contributed by atoms with Gasteiger partial charge in [0, 0.05) is 31.0 Å². The van der Waals surface area contributed by atoms with Gasteiger partial charge in [0.1, 0.15) is 11.9 Å². The van der Waals surface area contributed by atoms with Crippen LogP contribution in [-0.4, -0.2) is 28.8 Å². The summed E-state index contributed by atoms with van der Waals surface area (Å²) in [5.74, 6) is -0.776. The van der Waals surface area contributed by atoms with E-state index in [1.54, 1.807) is 23.1 Å². The third kappa shape index (κ3) is 7.78. The first-order valence-corrected chi connectivity index (χ1v) is 12.3. The largest absolute Gasteiger partial charge is 0.352 e. The molecule has 0 aliphatic carbocycles. The molecule has 0 fully saturated rings. The van der Waals surface area contributed by atoms with E-state index in [0.29, 0.717) is 18.4 Å². The van der Waals surface area contributed by atoms with Crippen LogP contribution in [0.3, 0.4) is 0 Å². The Balaban J connectivity index is 1.91. The zero-order chi connectivity index (χ0) is 25.2. The number of carbonyl (C=O) groups is 2. The molecular formula is C30H35FN2O2. The van der Waals surface area contributed by atoms with Crippen molar-refractivity contribution in [3.63, 3.8) is 0 Å². The van der Waals surface area contributed by atoms with E-state index in [2.05, 4.69) is 5.32 Å². The number of amides is 2. The van der Waals surface area contributed by atoms with Crippen molar-refractivity contribution in [2.45, 2.75) is 65.1 Å². The second kappa shape index (κ2) is 12.8. The average Bonchev–Trinajstić information content (AvgIpc) is 2.87. The highest BCUT2D eigenvalue weighted by Crippen LogP contribution is 2.19. The Morgan fingerprint density at radius 3 is 2.23 bits per heavy atom. The fourth-order valence-electron chi connectivity index (χ4n) is 3.95. The van der Waals surface area contributed by atoms with E-state index in [0.717, 1.165) is 23.1 Å². The molecule has 0 aliphatic rings. The lowest BCUT2D eigenvalue weighted by molar-refractivity contribution is -0.141. The van der Waals surface area contributed by atoms with Crippen molar-refractivity contribution < 1.29 is 14.0 Å². The van der Waals surface area contributed by atoms with Crippen LogP contribution in [0.1, 0.15) is 48.9 Å². The molecule has 4 nitrogen and oxygen atoms in total. The maximum atomic E-state index is 14.6. The minimum Gasteiger partial charge on any atom is -0.352 e. The molecule has 1 N–H and O–H groups in total. The van der Waals surface area contributed by atoms with Gasteiger partial charge in [-0.1, -0.05) is 85.3 Å². The van der Waals surface area contributed by atoms with Crippen molar-refractivity contribution in [3.8, 4) is 0 Å². The lowest BCUT2D eigenvalue weighted by atomic mass is 10.0. The van der Waals surface area contributed by atoms with E-state index in [4.69, 9.17) is 0 Å². The Morgan fingerprint density at radius 2 is 1.57 bits per heavy atom. The number of rotatable bonds is 11. The third-order valence-corrected chi connectivity index (χ3v) is 6.32. The van der Waals surface area contributed by atoms with Gasteiger partial charge in [-0.15, -0.1) is 0 Å². The Morgan fingerprint density at radius 1 is 0.914 bits per heavy atom. The van der Waals surface area contributed by atoms with Gasteiger partial charge in [0.05, 0.1) is 0 Å². The molecule has 2 amide bonds. The lowest BCUT2D eigenvalue weighted by Gasteiger charge is -2.32. The third-order valence-electron chi connectivity index (χ3n) is 6.32. The standard InChI is InChI=1S/C30H35FN2O2/c1-4-23(3)32-30(35)28(20-25-10-6-5-7-11-25)33(21-26-12-8-9-13-27(26)31)29(34)19-18-24-16-14-22(2)15-17-24/h5-17,23,28H,4,18-21H2,1-3H3,(H,32,35)/t23-,28-/m0/s1. The molecule has 0 spiro atoms. The zero-order valence-corrected chi connectivity index (χ0v) is 20.8. The minimum absolute atomic E-state index is 0.0289. The summed E-state index contributed by atoms with van der Waals surface area (Å²) in [6.45, 7) is 6.00. The minimum atomic E-state index is -0.753. The summed E-state index contributed by atoms with van der Waals surface area (Å²) in [6.07, 6.45) is 1.92. The first-order chi connectivity index (χ1) is 16.9. The first kappa shape index (κ1) is 26.1. The van der Waals surface area contributed by atoms with Crippen LogP contribution in [0.25, 0.3) is 0 Å². The van der Waals surface area contributed by atoms with Gasteiger partial charge in [-0.2, -0.15) is 0 Å². The molecule has 0 saturated carbocycles. The van der Waals surface area contributed by atoms with Crippen molar-refractivity contribution >= 4 is 11.8 Å². The monoisotopic (exact) mass is 474 g/mol. The number of aryl methyl sites for hydroxylation is 2. The summed E-state index contributed by atoms with van der Waals surface area (Å²) in [7, 11) is 0. The smallest absolute Gasteiger partial charge is 0.243 e. The molecule has 0 heterocycles. The van der Waals surface area contributed by atoms with Crippen molar-refractivity contribution in [3.05, 3.63) is 107 Å². The van der Waals surface area contributed by atoms with E-state index in [1.807, 2.05) is 75.4 Å². The van der Waals surface area contributed by atoms with Crippen LogP contribution >= 0.6 is 0 Å². The Hall–Kier alpha value is -3.47. The summed E-state index contributed by atoms with van der Waals surface area (Å²) in [4.78, 5) is 28.6. The highest BCUT2D eigenvalue weighted by atomic mass is 19.1. The van der Waals surface area contributed by atoms with Crippen LogP contribution in [0.2, 0.25) is 0 Å². The summed E-state index contributed by atoms with van der Waals surface area (Å²) < 4.78 is 14.6. The maximum absolute atomic E-state index is 14.6. The number of hydrogen-bond acceptors (Lipinski definition) is 2. The molecule has 3 aromatic rings. The number of halogens is 1. The van der Waals surface area contributed by atoms with Crippen LogP contribution in [-0.2, 0) is 29.0 Å². The van der Waals surface area contributed by atoms with Gasteiger partial charge in [0.2, 0.25) is 11.8 Å². The Labute approximate surface area is 208 Å². The predicted molar refractivity (Wildman–Crippen MR) is 138 cm³/mol. The quantitative estimate of drug-likeness (QED) is 0.392. The zero-order valence-electron chi connectivity index (χ0n) is 20.8. The summed E-state index contributed by atoms with van der Waals surface area (Å²) in [5, 5.41) is 3.04. The van der Waals surface area contributed by atoms with Gasteiger partial charge in [0.25, 0.3) is 0 Å². The van der Waals surface area contributed by atoms with Gasteiger partial charge in [-0.25, -0.2) is 4.39 Å². The van der Waals surface area contributed by atoms with E-state index in [-0.39, 0.29) is 36.6 Å². The van der Waals surface area contributed by atoms with Gasteiger partial charge in [0.15, 0.2) is 0 Å². The van der Waals surface area contributed by atoms with Gasteiger partial charge in [-0.05, 0) is 43.9 Å². The number of carbonyl (C=O) groups excluding carboxylic acids is 2. The summed E-state index contributed by atoms with van der Waals surface area (Å²) in [6, 6.07) is 23.4. The summed E-state index contributed by atoms with van der Waals surface area (Å²) >= 11 is 0. The molecule has 3 aromatic carbocycles. The molecule has 184 valence electrons. The van der Waals surface area contributed by atoms with Gasteiger partial charge in [-0.3, -0.25) is 9.59 Å². The van der Waals surface area contributed by atoms with Crippen LogP contribution in [0.4, 0.5) is 4.39 Å². The first-order valence-electron chi connectivity index (χ1n) is 12.3. The van der Waals surface area contributed by atoms with Crippen molar-refractivity contribution in [2.75, 3.05) is 0 Å². The average molecular weight is 475 g/mol. The van der Waals surface area contributed by atoms with E-state index < -0.39 is 6.04 Å². The summed E-state index contributed by atoms with van der Waals surface area (Å²) in [5.41, 5.74) is 3.55. The SMILES string of the molecule is CC[C@H](C)NC(=O)[C@H](Cc1ccccc1)N(Cc1ccccc1F)C(=O)CCc1ccc(C)cc1. The van der Waals surface area contributed by atoms with Crippen LogP contribution in [0.5, 0.6) is 0 Å². The normalized spacial score (nSPS) is 12.6. The molecule has 35 heavy (non-hydrogen) atoms. The van der Waals surface area contributed by atoms with Crippen LogP contribution in [0.15, 0.2) is 78.9 Å². The van der Waals surface area contributed by atoms with Crippen LogP contribution < -0.4 is 5.32 Å². The van der Waals surface area contributed by atoms with E-state index >= 15 is 0 Å². The number of hydrogen-bond donors (Lipinski definition) is 1. The van der Waals surface area contributed by atoms with Crippen molar-refractivity contribution in [1.82, 2.24) is 10.2 Å². The fraction of sp³-hybridized carbons (Fsp3) is 0.333. The molecule has 5 heteroatoms. The second-order valence-corrected chi connectivity index (χ2v) is 9.12. The van der Waals surface area contributed by atoms with Crippen molar-refractivity contribution in [2.24, 2.45) is 0 Å². The van der Waals surface area contributed by atoms with Crippen molar-refractivity contribution in [1.29, 1.82) is 0 Å². The molecule has 0 radical (unpaired) electrons. The Kier molecular flexibility index (Phi) is 9.59. The number of nitrogens with one attached hydrogen (secondary N) is 1. The second-order valence-electron chi connectivity index (χ2n) is 9.12. The molecule has 3 rings (SSSR count). The maximum Gasteiger partial charge on any atom is 0.243 e. The predicted octanol–water partition coefficient (Wildman–Crippen LogP) is 5.62. The van der Waals surface area contributed by atoms with E-state index in [1.165, 1.54) is 6.07 Å². The van der Waals surface area contributed by atoms with Crippen LogP contribution in [0, 0.1) is 12.7 Å². The van der Waals surface area contributed by atoms with Gasteiger partial charge < -0.3 is 10.2 Å². The molecule has 0 saturated heterocycles. The molecule has 0 aromatic heterocycles. The highest BCUT2D eigenvalue weighted by molar-refractivity contribution is 5.88. The Bertz CT molecular complexity index is 1100. The fourth-order valence-corrected chi connectivity index (χ4v) is 3.95. The number of benzene rings is 3. The topological polar surface area (TPSA) is 49.4 Å². The number of nitrogens with zero attached hydrogens (tertiary/aromatic N) is 1. The highest BCUT2D eigenvalue weighted by Gasteiger charge is 2.31. The molecule has 0 aliphatic heterocycles.